The van der Waals surface area contributed by atoms with Crippen molar-refractivity contribution in [1.82, 2.24) is 10.6 Å². The molecule has 2 aliphatic heterocycles. The van der Waals surface area contributed by atoms with Crippen LogP contribution in [0.4, 0.5) is 0 Å². The molecular weight excluding hydrogens is 240 g/mol. The second-order valence-electron chi connectivity index (χ2n) is 5.79. The fourth-order valence-corrected chi connectivity index (χ4v) is 3.08. The fraction of sp³-hybridized carbons (Fsp3) is 0.800. The van der Waals surface area contributed by atoms with E-state index >= 15 is 0 Å². The zero-order chi connectivity index (χ0) is 13.8. The molecule has 4 atom stereocenters. The van der Waals surface area contributed by atoms with E-state index in [0.29, 0.717) is 5.92 Å². The summed E-state index contributed by atoms with van der Waals surface area (Å²) in [6, 6.07) is 0. The Kier molecular flexibility index (Phi) is 4.99. The normalized spacial score (nSPS) is 35.0. The Hall–Kier alpha value is -0.870. The summed E-state index contributed by atoms with van der Waals surface area (Å²) in [6.07, 6.45) is 4.52. The minimum atomic E-state index is -0.00278. The van der Waals surface area contributed by atoms with E-state index in [2.05, 4.69) is 23.6 Å². The van der Waals surface area contributed by atoms with Gasteiger partial charge in [-0.05, 0) is 39.2 Å². The molecule has 1 amide bonds. The average molecular weight is 266 g/mol. The average Bonchev–Trinajstić information content (AvgIpc) is 2.64. The molecule has 4 unspecified atom stereocenters. The summed E-state index contributed by atoms with van der Waals surface area (Å²) in [5, 5.41) is 6.37. The minimum Gasteiger partial charge on any atom is -0.374 e. The molecule has 2 N–H and O–H groups in total. The van der Waals surface area contributed by atoms with Crippen molar-refractivity contribution in [2.24, 2.45) is 11.8 Å². The highest BCUT2D eigenvalue weighted by Crippen LogP contribution is 2.32. The van der Waals surface area contributed by atoms with E-state index < -0.39 is 0 Å². The summed E-state index contributed by atoms with van der Waals surface area (Å²) in [5.74, 6) is 0.448. The summed E-state index contributed by atoms with van der Waals surface area (Å²) in [5.41, 5.74) is 1.45. The second kappa shape index (κ2) is 6.53. The highest BCUT2D eigenvalue weighted by molar-refractivity contribution is 5.79. The lowest BCUT2D eigenvalue weighted by atomic mass is 9.89. The number of nitrogens with one attached hydrogen (secondary N) is 2. The van der Waals surface area contributed by atoms with Crippen LogP contribution >= 0.6 is 0 Å². The zero-order valence-corrected chi connectivity index (χ0v) is 12.2. The molecule has 108 valence electrons. The third kappa shape index (κ3) is 3.57. The van der Waals surface area contributed by atoms with Crippen LogP contribution in [-0.2, 0) is 9.53 Å². The first kappa shape index (κ1) is 14.5. The van der Waals surface area contributed by atoms with Crippen molar-refractivity contribution in [3.63, 3.8) is 0 Å². The van der Waals surface area contributed by atoms with Crippen LogP contribution in [0.5, 0.6) is 0 Å². The molecule has 0 saturated carbocycles. The molecule has 0 aromatic rings. The van der Waals surface area contributed by atoms with Gasteiger partial charge in [-0.25, -0.2) is 0 Å². The van der Waals surface area contributed by atoms with Gasteiger partial charge in [-0.2, -0.15) is 0 Å². The van der Waals surface area contributed by atoms with Crippen LogP contribution in [-0.4, -0.2) is 37.7 Å². The van der Waals surface area contributed by atoms with Crippen molar-refractivity contribution in [2.75, 3.05) is 19.6 Å². The highest BCUT2D eigenvalue weighted by Gasteiger charge is 2.41. The van der Waals surface area contributed by atoms with Crippen LogP contribution < -0.4 is 10.6 Å². The van der Waals surface area contributed by atoms with Gasteiger partial charge in [0.15, 0.2) is 0 Å². The maximum absolute atomic E-state index is 12.2. The molecule has 19 heavy (non-hydrogen) atoms. The molecule has 2 aliphatic rings. The summed E-state index contributed by atoms with van der Waals surface area (Å²) in [4.78, 5) is 12.2. The first-order chi connectivity index (χ1) is 9.09. The molecule has 0 aliphatic carbocycles. The predicted octanol–water partition coefficient (Wildman–Crippen LogP) is 1.47. The van der Waals surface area contributed by atoms with E-state index in [1.54, 1.807) is 0 Å². The zero-order valence-electron chi connectivity index (χ0n) is 12.2. The Bertz CT molecular complexity index is 354. The van der Waals surface area contributed by atoms with E-state index in [4.69, 9.17) is 4.74 Å². The Morgan fingerprint density at radius 2 is 2.21 bits per heavy atom. The van der Waals surface area contributed by atoms with Gasteiger partial charge in [0.2, 0.25) is 5.91 Å². The number of ether oxygens (including phenoxy) is 1. The molecule has 0 aromatic heterocycles. The number of carbonyl (C=O) groups excluding carboxylic acids is 1. The lowest BCUT2D eigenvalue weighted by Gasteiger charge is -2.19. The first-order valence-electron chi connectivity index (χ1n) is 7.41. The van der Waals surface area contributed by atoms with Gasteiger partial charge in [-0.1, -0.05) is 18.6 Å². The maximum atomic E-state index is 12.2. The Morgan fingerprint density at radius 1 is 1.42 bits per heavy atom. The Labute approximate surface area is 116 Å². The van der Waals surface area contributed by atoms with Gasteiger partial charge in [-0.3, -0.25) is 4.79 Å². The molecule has 0 bridgehead atoms. The summed E-state index contributed by atoms with van der Waals surface area (Å²) >= 11 is 0. The van der Waals surface area contributed by atoms with Gasteiger partial charge in [-0.15, -0.1) is 0 Å². The third-order valence-corrected chi connectivity index (χ3v) is 4.45. The van der Waals surface area contributed by atoms with Crippen LogP contribution in [0.1, 0.15) is 33.6 Å². The fourth-order valence-electron chi connectivity index (χ4n) is 3.08. The van der Waals surface area contributed by atoms with Crippen LogP contribution in [0.25, 0.3) is 0 Å². The van der Waals surface area contributed by atoms with E-state index in [1.807, 2.05) is 13.8 Å². The number of hydrogen-bond donors (Lipinski definition) is 2. The van der Waals surface area contributed by atoms with Crippen LogP contribution in [0, 0.1) is 11.8 Å². The standard InChI is InChI=1S/C15H26N2O2/c1-10-11(2)19-12(3)14(10)15(18)17-9-6-13-4-7-16-8-5-13/h4,10-12,14,16H,5-9H2,1-3H3,(H,17,18). The van der Waals surface area contributed by atoms with Gasteiger partial charge >= 0.3 is 0 Å². The number of hydrogen-bond acceptors (Lipinski definition) is 3. The monoisotopic (exact) mass is 266 g/mol. The predicted molar refractivity (Wildman–Crippen MR) is 75.9 cm³/mol. The molecule has 0 aromatic carbocycles. The van der Waals surface area contributed by atoms with Gasteiger partial charge in [0.1, 0.15) is 0 Å². The topological polar surface area (TPSA) is 50.4 Å². The molecule has 4 heteroatoms. The summed E-state index contributed by atoms with van der Waals surface area (Å²) in [7, 11) is 0. The van der Waals surface area contributed by atoms with Crippen LogP contribution in [0.3, 0.4) is 0 Å². The number of amides is 1. The van der Waals surface area contributed by atoms with Crippen molar-refractivity contribution in [1.29, 1.82) is 0 Å². The van der Waals surface area contributed by atoms with Gasteiger partial charge in [0.05, 0.1) is 18.1 Å². The minimum absolute atomic E-state index is 0.00278. The number of carbonyl (C=O) groups is 1. The van der Waals surface area contributed by atoms with E-state index in [-0.39, 0.29) is 24.0 Å². The molecule has 2 rings (SSSR count). The van der Waals surface area contributed by atoms with Crippen LogP contribution in [0.15, 0.2) is 11.6 Å². The second-order valence-corrected chi connectivity index (χ2v) is 5.79. The van der Waals surface area contributed by atoms with Gasteiger partial charge < -0.3 is 15.4 Å². The van der Waals surface area contributed by atoms with Gasteiger partial charge in [0, 0.05) is 13.1 Å². The smallest absolute Gasteiger partial charge is 0.226 e. The molecular formula is C15H26N2O2. The van der Waals surface area contributed by atoms with Crippen molar-refractivity contribution >= 4 is 5.91 Å². The maximum Gasteiger partial charge on any atom is 0.226 e. The van der Waals surface area contributed by atoms with Crippen molar-refractivity contribution in [3.05, 3.63) is 11.6 Å². The molecule has 0 spiro atoms. The molecule has 2 heterocycles. The van der Waals surface area contributed by atoms with Gasteiger partial charge in [0.25, 0.3) is 0 Å². The molecule has 0 radical (unpaired) electrons. The molecule has 1 fully saturated rings. The molecule has 4 nitrogen and oxygen atoms in total. The third-order valence-electron chi connectivity index (χ3n) is 4.45. The molecule has 1 saturated heterocycles. The largest absolute Gasteiger partial charge is 0.374 e. The van der Waals surface area contributed by atoms with Crippen LogP contribution in [0.2, 0.25) is 0 Å². The van der Waals surface area contributed by atoms with Crippen molar-refractivity contribution in [2.45, 2.75) is 45.8 Å². The lowest BCUT2D eigenvalue weighted by molar-refractivity contribution is -0.127. The Morgan fingerprint density at radius 3 is 2.79 bits per heavy atom. The summed E-state index contributed by atoms with van der Waals surface area (Å²) < 4.78 is 5.72. The Balaban J connectivity index is 1.76. The van der Waals surface area contributed by atoms with E-state index in [0.717, 1.165) is 32.5 Å². The number of rotatable bonds is 4. The summed E-state index contributed by atoms with van der Waals surface area (Å²) in [6.45, 7) is 8.92. The van der Waals surface area contributed by atoms with Crippen molar-refractivity contribution < 1.29 is 9.53 Å². The van der Waals surface area contributed by atoms with E-state index in [9.17, 15) is 4.79 Å². The quantitative estimate of drug-likeness (QED) is 0.758. The highest BCUT2D eigenvalue weighted by atomic mass is 16.5. The first-order valence-corrected chi connectivity index (χ1v) is 7.41. The lowest BCUT2D eigenvalue weighted by Crippen LogP contribution is -2.38. The van der Waals surface area contributed by atoms with E-state index in [1.165, 1.54) is 5.57 Å². The SMILES string of the molecule is CC1OC(C)C(C(=O)NCCC2=CCNCC2)C1C. The van der Waals surface area contributed by atoms with Crippen molar-refractivity contribution in [3.8, 4) is 0 Å².